The number of aromatic nitrogens is 2. The number of carbonyl (C=O) groups excluding carboxylic acids is 3. The van der Waals surface area contributed by atoms with Crippen LogP contribution in [0.1, 0.15) is 44.7 Å². The molecule has 1 aliphatic rings. The van der Waals surface area contributed by atoms with Gasteiger partial charge in [-0.15, -0.1) is 11.8 Å². The van der Waals surface area contributed by atoms with Gasteiger partial charge in [0.05, 0.1) is 16.9 Å². The van der Waals surface area contributed by atoms with E-state index in [2.05, 4.69) is 15.5 Å². The molecule has 3 heterocycles. The zero-order valence-corrected chi connectivity index (χ0v) is 19.5. The van der Waals surface area contributed by atoms with Crippen molar-refractivity contribution in [2.45, 2.75) is 31.6 Å². The van der Waals surface area contributed by atoms with Gasteiger partial charge in [-0.2, -0.15) is 0 Å². The van der Waals surface area contributed by atoms with E-state index in [1.807, 2.05) is 13.8 Å². The SMILES string of the molecule is CC(=O)c1cc2c(cc1NC(=O)COC(=O)c1cccnc1SCc1c(C)noc1C)OCO2. The first-order valence-corrected chi connectivity index (χ1v) is 11.2. The number of rotatable bonds is 8. The van der Waals surface area contributed by atoms with Crippen molar-refractivity contribution in [3.63, 3.8) is 0 Å². The van der Waals surface area contributed by atoms with Gasteiger partial charge in [0.1, 0.15) is 10.8 Å². The third kappa shape index (κ3) is 5.04. The van der Waals surface area contributed by atoms with E-state index in [0.717, 1.165) is 11.3 Å². The maximum Gasteiger partial charge on any atom is 0.341 e. The molecule has 0 atom stereocenters. The van der Waals surface area contributed by atoms with Crippen LogP contribution in [0.2, 0.25) is 0 Å². The molecule has 0 radical (unpaired) electrons. The van der Waals surface area contributed by atoms with Crippen LogP contribution in [0.15, 0.2) is 40.0 Å². The number of esters is 1. The Morgan fingerprint density at radius 3 is 2.62 bits per heavy atom. The fourth-order valence-corrected chi connectivity index (χ4v) is 4.38. The maximum atomic E-state index is 12.7. The number of carbonyl (C=O) groups is 3. The Kier molecular flexibility index (Phi) is 6.82. The number of Topliss-reactive ketones (excluding diaryl/α,β-unsaturated/α-hetero) is 1. The lowest BCUT2D eigenvalue weighted by Crippen LogP contribution is -2.22. The number of hydrogen-bond donors (Lipinski definition) is 1. The van der Waals surface area contributed by atoms with Crippen LogP contribution in [0, 0.1) is 13.8 Å². The van der Waals surface area contributed by atoms with Crippen LogP contribution in [0.25, 0.3) is 0 Å². The Morgan fingerprint density at radius 1 is 1.15 bits per heavy atom. The van der Waals surface area contributed by atoms with Gasteiger partial charge in [0.15, 0.2) is 23.9 Å². The van der Waals surface area contributed by atoms with Crippen molar-refractivity contribution in [3.05, 3.63) is 58.6 Å². The number of pyridine rings is 1. The van der Waals surface area contributed by atoms with Crippen LogP contribution in [0.3, 0.4) is 0 Å². The molecule has 176 valence electrons. The van der Waals surface area contributed by atoms with Gasteiger partial charge < -0.3 is 24.1 Å². The van der Waals surface area contributed by atoms with Gasteiger partial charge >= 0.3 is 5.97 Å². The highest BCUT2D eigenvalue weighted by atomic mass is 32.2. The molecular formula is C23H21N3O7S. The number of thioether (sulfide) groups is 1. The Balaban J connectivity index is 1.40. The third-order valence-corrected chi connectivity index (χ3v) is 6.06. The number of hydrogen-bond acceptors (Lipinski definition) is 10. The van der Waals surface area contributed by atoms with Crippen molar-refractivity contribution in [1.29, 1.82) is 0 Å². The zero-order chi connectivity index (χ0) is 24.2. The predicted octanol–water partition coefficient (Wildman–Crippen LogP) is 3.71. The largest absolute Gasteiger partial charge is 0.454 e. The molecule has 4 rings (SSSR count). The molecule has 1 amide bonds. The standard InChI is InChI=1S/C23H21N3O7S/c1-12-17(14(3)33-26-12)10-34-22-15(5-4-6-24-22)23(29)30-9-21(28)25-18-8-20-19(31-11-32-20)7-16(18)13(2)27/h4-8H,9-11H2,1-3H3,(H,25,28). The number of ketones is 1. The van der Waals surface area contributed by atoms with Crippen molar-refractivity contribution in [3.8, 4) is 11.5 Å². The van der Waals surface area contributed by atoms with E-state index in [-0.39, 0.29) is 29.4 Å². The predicted molar refractivity (Wildman–Crippen MR) is 121 cm³/mol. The Labute approximate surface area is 199 Å². The lowest BCUT2D eigenvalue weighted by molar-refractivity contribution is -0.119. The Morgan fingerprint density at radius 2 is 1.91 bits per heavy atom. The lowest BCUT2D eigenvalue weighted by Gasteiger charge is -2.11. The average molecular weight is 484 g/mol. The van der Waals surface area contributed by atoms with Crippen LogP contribution in [0.4, 0.5) is 5.69 Å². The molecule has 0 bridgehead atoms. The molecule has 0 spiro atoms. The molecule has 0 fully saturated rings. The van der Waals surface area contributed by atoms with E-state index in [0.29, 0.717) is 28.0 Å². The van der Waals surface area contributed by atoms with Gasteiger partial charge in [-0.05, 0) is 39.0 Å². The molecule has 2 aromatic heterocycles. The summed E-state index contributed by atoms with van der Waals surface area (Å²) in [5.74, 6) is 0.485. The van der Waals surface area contributed by atoms with Crippen LogP contribution in [-0.2, 0) is 15.3 Å². The molecule has 11 heteroatoms. The molecule has 34 heavy (non-hydrogen) atoms. The molecule has 1 aliphatic heterocycles. The number of nitrogens with one attached hydrogen (secondary N) is 1. The summed E-state index contributed by atoms with van der Waals surface area (Å²) in [6.07, 6.45) is 1.57. The monoisotopic (exact) mass is 483 g/mol. The molecule has 0 aliphatic carbocycles. The highest BCUT2D eigenvalue weighted by molar-refractivity contribution is 7.98. The number of amides is 1. The summed E-state index contributed by atoms with van der Waals surface area (Å²) in [7, 11) is 0. The van der Waals surface area contributed by atoms with E-state index in [9.17, 15) is 14.4 Å². The second-order valence-electron chi connectivity index (χ2n) is 7.38. The molecule has 1 aromatic carbocycles. The molecular weight excluding hydrogens is 462 g/mol. The smallest absolute Gasteiger partial charge is 0.341 e. The Hall–Kier alpha value is -3.86. The lowest BCUT2D eigenvalue weighted by atomic mass is 10.1. The van der Waals surface area contributed by atoms with Gasteiger partial charge in [0, 0.05) is 29.1 Å². The number of fused-ring (bicyclic) bond motifs is 1. The summed E-state index contributed by atoms with van der Waals surface area (Å²) in [4.78, 5) is 41.4. The van der Waals surface area contributed by atoms with Crippen LogP contribution >= 0.6 is 11.8 Å². The maximum absolute atomic E-state index is 12.7. The quantitative estimate of drug-likeness (QED) is 0.287. The first kappa shape index (κ1) is 23.3. The molecule has 3 aromatic rings. The molecule has 1 N–H and O–H groups in total. The van der Waals surface area contributed by atoms with Gasteiger partial charge in [0.2, 0.25) is 6.79 Å². The van der Waals surface area contributed by atoms with E-state index < -0.39 is 18.5 Å². The van der Waals surface area contributed by atoms with E-state index in [4.69, 9.17) is 18.7 Å². The zero-order valence-electron chi connectivity index (χ0n) is 18.7. The van der Waals surface area contributed by atoms with E-state index in [1.165, 1.54) is 30.8 Å². The number of anilines is 1. The van der Waals surface area contributed by atoms with E-state index >= 15 is 0 Å². The number of ether oxygens (including phenoxy) is 3. The fraction of sp³-hybridized carbons (Fsp3) is 0.261. The molecule has 0 saturated heterocycles. The average Bonchev–Trinajstić information content (AvgIpc) is 3.41. The minimum absolute atomic E-state index is 0.0311. The van der Waals surface area contributed by atoms with Crippen molar-refractivity contribution >= 4 is 35.1 Å². The summed E-state index contributed by atoms with van der Waals surface area (Å²) >= 11 is 1.34. The van der Waals surface area contributed by atoms with Gasteiger partial charge in [-0.25, -0.2) is 9.78 Å². The van der Waals surface area contributed by atoms with Crippen molar-refractivity contribution in [1.82, 2.24) is 10.1 Å². The minimum atomic E-state index is -0.693. The first-order valence-electron chi connectivity index (χ1n) is 10.2. The first-order chi connectivity index (χ1) is 16.3. The van der Waals surface area contributed by atoms with E-state index in [1.54, 1.807) is 18.3 Å². The molecule has 0 saturated carbocycles. The van der Waals surface area contributed by atoms with Gasteiger partial charge in [-0.3, -0.25) is 9.59 Å². The molecule has 0 unspecified atom stereocenters. The van der Waals surface area contributed by atoms with Crippen molar-refractivity contribution < 1.29 is 33.1 Å². The summed E-state index contributed by atoms with van der Waals surface area (Å²) in [6, 6.07) is 6.20. The van der Waals surface area contributed by atoms with Crippen LogP contribution in [0.5, 0.6) is 11.5 Å². The second-order valence-corrected chi connectivity index (χ2v) is 8.34. The summed E-state index contributed by atoms with van der Waals surface area (Å²) in [6.45, 7) is 4.52. The number of nitrogens with zero attached hydrogens (tertiary/aromatic N) is 2. The highest BCUT2D eigenvalue weighted by Gasteiger charge is 2.22. The van der Waals surface area contributed by atoms with Crippen molar-refractivity contribution in [2.24, 2.45) is 0 Å². The normalized spacial score (nSPS) is 11.9. The molecule has 10 nitrogen and oxygen atoms in total. The van der Waals surface area contributed by atoms with Crippen molar-refractivity contribution in [2.75, 3.05) is 18.7 Å². The summed E-state index contributed by atoms with van der Waals surface area (Å²) in [5, 5.41) is 6.97. The summed E-state index contributed by atoms with van der Waals surface area (Å²) < 4.78 is 20.9. The number of benzene rings is 1. The minimum Gasteiger partial charge on any atom is -0.454 e. The third-order valence-electron chi connectivity index (χ3n) is 5.03. The Bertz CT molecular complexity index is 1250. The van der Waals surface area contributed by atoms with Gasteiger partial charge in [-0.1, -0.05) is 5.16 Å². The van der Waals surface area contributed by atoms with Crippen LogP contribution < -0.4 is 14.8 Å². The summed E-state index contributed by atoms with van der Waals surface area (Å²) in [5.41, 5.74) is 2.44. The topological polar surface area (TPSA) is 130 Å². The van der Waals surface area contributed by atoms with Crippen LogP contribution in [-0.4, -0.2) is 41.2 Å². The number of aryl methyl sites for hydroxylation is 2. The van der Waals surface area contributed by atoms with Gasteiger partial charge in [0.25, 0.3) is 5.91 Å². The highest BCUT2D eigenvalue weighted by Crippen LogP contribution is 2.37. The second kappa shape index (κ2) is 9.96. The fourth-order valence-electron chi connectivity index (χ4n) is 3.24.